The van der Waals surface area contributed by atoms with Crippen LogP contribution in [0.4, 0.5) is 0 Å². The van der Waals surface area contributed by atoms with Gasteiger partial charge in [0, 0.05) is 4.48 Å². The van der Waals surface area contributed by atoms with Crippen molar-refractivity contribution in [1.29, 1.82) is 0 Å². The maximum atomic E-state index is 3.98. The van der Waals surface area contributed by atoms with Gasteiger partial charge in [-0.15, -0.1) is 0 Å². The summed E-state index contributed by atoms with van der Waals surface area (Å²) in [6.07, 6.45) is 2.13. The summed E-state index contributed by atoms with van der Waals surface area (Å²) in [7, 11) is 0. The highest BCUT2D eigenvalue weighted by molar-refractivity contribution is 9.12. The van der Waals surface area contributed by atoms with Gasteiger partial charge in [-0.1, -0.05) is 83.2 Å². The molecule has 0 aromatic heterocycles. The molecule has 0 heterocycles. The van der Waals surface area contributed by atoms with Gasteiger partial charge in [0.25, 0.3) is 0 Å². The van der Waals surface area contributed by atoms with Crippen LogP contribution in [0.15, 0.2) is 71.7 Å². The zero-order valence-corrected chi connectivity index (χ0v) is 11.0. The maximum absolute atomic E-state index is 3.98. The third kappa shape index (κ3) is 3.18. The highest BCUT2D eigenvalue weighted by Gasteiger charge is 2.02. The van der Waals surface area contributed by atoms with E-state index in [-0.39, 0.29) is 0 Å². The van der Waals surface area contributed by atoms with Crippen LogP contribution < -0.4 is 0 Å². The summed E-state index contributed by atoms with van der Waals surface area (Å²) in [4.78, 5) is 0. The van der Waals surface area contributed by atoms with Gasteiger partial charge in [-0.3, -0.25) is 0 Å². The van der Waals surface area contributed by atoms with Gasteiger partial charge in [-0.25, -0.2) is 0 Å². The van der Waals surface area contributed by atoms with E-state index in [9.17, 15) is 0 Å². The third-order valence-corrected chi connectivity index (χ3v) is 2.91. The Bertz CT molecular complexity index is 524. The summed E-state index contributed by atoms with van der Waals surface area (Å²) < 4.78 is 0.896. The number of allylic oxidation sites excluding steroid dienone is 2. The van der Waals surface area contributed by atoms with Crippen molar-refractivity contribution in [3.05, 3.63) is 82.9 Å². The van der Waals surface area contributed by atoms with Crippen molar-refractivity contribution in [3.8, 4) is 0 Å². The molecule has 0 aliphatic rings. The second-order valence-corrected chi connectivity index (χ2v) is 4.70. The zero-order valence-electron chi connectivity index (χ0n) is 9.44. The summed E-state index contributed by atoms with van der Waals surface area (Å²) in [6, 6.07) is 20.5. The quantitative estimate of drug-likeness (QED) is 0.541. The zero-order chi connectivity index (χ0) is 12.1. The molecule has 0 atom stereocenters. The average Bonchev–Trinajstić information content (AvgIpc) is 2.38. The fourth-order valence-corrected chi connectivity index (χ4v) is 2.00. The molecule has 0 aliphatic carbocycles. The lowest BCUT2D eigenvalue weighted by atomic mass is 10.0. The van der Waals surface area contributed by atoms with Gasteiger partial charge >= 0.3 is 0 Å². The second-order valence-electron chi connectivity index (χ2n) is 3.74. The normalized spacial score (nSPS) is 11.2. The summed E-state index contributed by atoms with van der Waals surface area (Å²) in [6.45, 7) is 3.98. The first-order valence-electron chi connectivity index (χ1n) is 5.44. The molecule has 0 saturated heterocycles. The Labute approximate surface area is 110 Å². The SMILES string of the molecule is C=C(Br)C(=Cc1ccccc1)c1ccccc1. The predicted octanol–water partition coefficient (Wildman–Crippen LogP) is 5.14. The van der Waals surface area contributed by atoms with Crippen LogP contribution >= 0.6 is 15.9 Å². The second kappa shape index (κ2) is 5.65. The van der Waals surface area contributed by atoms with Crippen LogP contribution in [0.1, 0.15) is 11.1 Å². The Morgan fingerprint density at radius 1 is 0.882 bits per heavy atom. The lowest BCUT2D eigenvalue weighted by molar-refractivity contribution is 1.61. The lowest BCUT2D eigenvalue weighted by Gasteiger charge is -2.06. The molecule has 0 radical (unpaired) electrons. The molecule has 0 amide bonds. The van der Waals surface area contributed by atoms with Crippen molar-refractivity contribution in [2.75, 3.05) is 0 Å². The van der Waals surface area contributed by atoms with Crippen molar-refractivity contribution in [2.24, 2.45) is 0 Å². The highest BCUT2D eigenvalue weighted by Crippen LogP contribution is 2.28. The maximum Gasteiger partial charge on any atom is 0.0182 e. The predicted molar refractivity (Wildman–Crippen MR) is 78.8 cm³/mol. The van der Waals surface area contributed by atoms with E-state index in [1.807, 2.05) is 36.4 Å². The molecule has 2 rings (SSSR count). The molecule has 0 fully saturated rings. The van der Waals surface area contributed by atoms with Crippen molar-refractivity contribution >= 4 is 27.6 Å². The summed E-state index contributed by atoms with van der Waals surface area (Å²) in [5.41, 5.74) is 3.45. The Morgan fingerprint density at radius 2 is 1.41 bits per heavy atom. The monoisotopic (exact) mass is 284 g/mol. The molecule has 0 saturated carbocycles. The van der Waals surface area contributed by atoms with Gasteiger partial charge in [0.15, 0.2) is 0 Å². The van der Waals surface area contributed by atoms with Crippen molar-refractivity contribution in [2.45, 2.75) is 0 Å². The van der Waals surface area contributed by atoms with Crippen LogP contribution in [-0.4, -0.2) is 0 Å². The molecule has 84 valence electrons. The lowest BCUT2D eigenvalue weighted by Crippen LogP contribution is -1.83. The smallest absolute Gasteiger partial charge is 0.0182 e. The Balaban J connectivity index is 2.44. The van der Waals surface area contributed by atoms with E-state index in [1.165, 1.54) is 11.1 Å². The minimum Gasteiger partial charge on any atom is -0.0841 e. The van der Waals surface area contributed by atoms with Crippen LogP contribution in [0, 0.1) is 0 Å². The topological polar surface area (TPSA) is 0 Å². The Hall–Kier alpha value is -1.60. The van der Waals surface area contributed by atoms with Crippen molar-refractivity contribution < 1.29 is 0 Å². The van der Waals surface area contributed by atoms with Gasteiger partial charge < -0.3 is 0 Å². The molecule has 0 aliphatic heterocycles. The number of benzene rings is 2. The first-order valence-corrected chi connectivity index (χ1v) is 6.23. The van der Waals surface area contributed by atoms with Gasteiger partial charge in [-0.05, 0) is 22.8 Å². The first-order chi connectivity index (χ1) is 8.27. The molecule has 2 aromatic rings. The van der Waals surface area contributed by atoms with E-state index in [0.717, 1.165) is 10.1 Å². The molecule has 1 heteroatoms. The molecule has 0 bridgehead atoms. The Kier molecular flexibility index (Phi) is 3.94. The minimum atomic E-state index is 0.896. The van der Waals surface area contributed by atoms with Gasteiger partial charge in [0.05, 0.1) is 0 Å². The first kappa shape index (κ1) is 11.9. The molecule has 17 heavy (non-hydrogen) atoms. The molecule has 0 unspecified atom stereocenters. The highest BCUT2D eigenvalue weighted by atomic mass is 79.9. The van der Waals surface area contributed by atoms with Gasteiger partial charge in [0.1, 0.15) is 0 Å². The van der Waals surface area contributed by atoms with E-state index >= 15 is 0 Å². The van der Waals surface area contributed by atoms with E-state index in [0.29, 0.717) is 0 Å². The van der Waals surface area contributed by atoms with Crippen molar-refractivity contribution in [1.82, 2.24) is 0 Å². The molecule has 0 spiro atoms. The molecular formula is C16H13Br. The van der Waals surface area contributed by atoms with E-state index in [4.69, 9.17) is 0 Å². The average molecular weight is 285 g/mol. The molecule has 0 N–H and O–H groups in total. The van der Waals surface area contributed by atoms with E-state index in [1.54, 1.807) is 0 Å². The summed E-state index contributed by atoms with van der Waals surface area (Å²) >= 11 is 3.47. The summed E-state index contributed by atoms with van der Waals surface area (Å²) in [5, 5.41) is 0. The van der Waals surface area contributed by atoms with Crippen LogP contribution in [-0.2, 0) is 0 Å². The fourth-order valence-electron chi connectivity index (χ4n) is 1.65. The van der Waals surface area contributed by atoms with Crippen LogP contribution in [0.3, 0.4) is 0 Å². The van der Waals surface area contributed by atoms with Gasteiger partial charge in [-0.2, -0.15) is 0 Å². The van der Waals surface area contributed by atoms with Crippen molar-refractivity contribution in [3.63, 3.8) is 0 Å². The number of hydrogen-bond donors (Lipinski definition) is 0. The standard InChI is InChI=1S/C16H13Br/c1-13(17)16(15-10-6-3-7-11-15)12-14-8-4-2-5-9-14/h2-12H,1H2. The number of rotatable bonds is 3. The van der Waals surface area contributed by atoms with E-state index < -0.39 is 0 Å². The van der Waals surface area contributed by atoms with Crippen LogP contribution in [0.2, 0.25) is 0 Å². The number of halogens is 1. The number of hydrogen-bond acceptors (Lipinski definition) is 0. The van der Waals surface area contributed by atoms with Crippen LogP contribution in [0.5, 0.6) is 0 Å². The fraction of sp³-hybridized carbons (Fsp3) is 0. The Morgan fingerprint density at radius 3 is 1.94 bits per heavy atom. The van der Waals surface area contributed by atoms with Crippen LogP contribution in [0.25, 0.3) is 11.6 Å². The molecule has 2 aromatic carbocycles. The minimum absolute atomic E-state index is 0.896. The van der Waals surface area contributed by atoms with Gasteiger partial charge in [0.2, 0.25) is 0 Å². The molecular weight excluding hydrogens is 272 g/mol. The largest absolute Gasteiger partial charge is 0.0841 e. The third-order valence-electron chi connectivity index (χ3n) is 2.49. The summed E-state index contributed by atoms with van der Waals surface area (Å²) in [5.74, 6) is 0. The molecule has 0 nitrogen and oxygen atoms in total. The van der Waals surface area contributed by atoms with E-state index in [2.05, 4.69) is 52.9 Å².